The molecule has 2 bridgehead atoms. The number of nitrogens with zero attached hydrogens (tertiary/aromatic N) is 6. The zero-order valence-corrected chi connectivity index (χ0v) is 21.3. The summed E-state index contributed by atoms with van der Waals surface area (Å²) in [5.74, 6) is 2.13. The lowest BCUT2D eigenvalue weighted by Crippen LogP contribution is -2.68. The van der Waals surface area contributed by atoms with Gasteiger partial charge in [0.2, 0.25) is 0 Å². The quantitative estimate of drug-likeness (QED) is 0.410. The highest BCUT2D eigenvalue weighted by Crippen LogP contribution is 2.36. The maximum Gasteiger partial charge on any atom is 0.161 e. The number of aromatic amines is 1. The average molecular weight is 500 g/mol. The Morgan fingerprint density at radius 2 is 1.86 bits per heavy atom. The molecule has 4 aromatic rings. The van der Waals surface area contributed by atoms with Gasteiger partial charge >= 0.3 is 0 Å². The summed E-state index contributed by atoms with van der Waals surface area (Å²) in [6, 6.07) is 13.9. The van der Waals surface area contributed by atoms with E-state index in [1.165, 1.54) is 6.07 Å². The Morgan fingerprint density at radius 1 is 1.03 bits per heavy atom. The first-order chi connectivity index (χ1) is 17.9. The highest BCUT2D eigenvalue weighted by atomic mass is 19.1. The number of benzene rings is 1. The molecule has 2 atom stereocenters. The van der Waals surface area contributed by atoms with E-state index in [-0.39, 0.29) is 5.82 Å². The Bertz CT molecular complexity index is 1410. The molecule has 9 heteroatoms. The van der Waals surface area contributed by atoms with Crippen LogP contribution in [0.2, 0.25) is 0 Å². The molecule has 0 amide bonds. The van der Waals surface area contributed by atoms with Gasteiger partial charge in [-0.3, -0.25) is 10.00 Å². The number of H-pyrrole nitrogens is 1. The highest BCUT2D eigenvalue weighted by molar-refractivity contribution is 5.57. The molecule has 1 aromatic carbocycles. The van der Waals surface area contributed by atoms with Crippen molar-refractivity contribution in [1.29, 1.82) is 0 Å². The second kappa shape index (κ2) is 9.55. The molecule has 37 heavy (non-hydrogen) atoms. The third kappa shape index (κ3) is 4.79. The number of methoxy groups -OCH3 is 1. The first kappa shape index (κ1) is 23.5. The zero-order chi connectivity index (χ0) is 25.5. The number of aromatic nitrogens is 5. The number of rotatable bonds is 7. The van der Waals surface area contributed by atoms with Crippen LogP contribution in [0.15, 0.2) is 48.7 Å². The van der Waals surface area contributed by atoms with Crippen molar-refractivity contribution in [3.05, 3.63) is 82.8 Å². The molecular weight excluding hydrogens is 469 g/mol. The van der Waals surface area contributed by atoms with Crippen molar-refractivity contribution < 1.29 is 9.13 Å². The Kier molecular flexibility index (Phi) is 6.08. The van der Waals surface area contributed by atoms with Crippen molar-refractivity contribution in [3.63, 3.8) is 0 Å². The summed E-state index contributed by atoms with van der Waals surface area (Å²) in [6.45, 7) is 6.33. The van der Waals surface area contributed by atoms with Crippen LogP contribution in [0.1, 0.15) is 34.8 Å². The summed E-state index contributed by atoms with van der Waals surface area (Å²) in [6.07, 6.45) is 3.64. The van der Waals surface area contributed by atoms with Gasteiger partial charge in [-0.25, -0.2) is 19.3 Å². The van der Waals surface area contributed by atoms with Crippen LogP contribution in [0.5, 0.6) is 5.75 Å². The molecular formula is C28H30FN7O. The predicted octanol–water partition coefficient (Wildman–Crippen LogP) is 4.08. The summed E-state index contributed by atoms with van der Waals surface area (Å²) < 4.78 is 19.6. The molecule has 1 N–H and O–H groups in total. The molecule has 190 valence electrons. The first-order valence-electron chi connectivity index (χ1n) is 12.6. The van der Waals surface area contributed by atoms with Crippen LogP contribution in [0.4, 0.5) is 10.2 Å². The van der Waals surface area contributed by atoms with E-state index in [0.29, 0.717) is 42.2 Å². The first-order valence-corrected chi connectivity index (χ1v) is 12.6. The lowest BCUT2D eigenvalue weighted by molar-refractivity contribution is -0.00950. The molecule has 3 aromatic heterocycles. The van der Waals surface area contributed by atoms with Crippen LogP contribution in [0, 0.1) is 19.7 Å². The number of piperazine rings is 1. The van der Waals surface area contributed by atoms with Crippen molar-refractivity contribution in [2.75, 3.05) is 25.1 Å². The lowest BCUT2D eigenvalue weighted by Gasteiger charge is -2.56. The lowest BCUT2D eigenvalue weighted by atomic mass is 9.86. The number of aryl methyl sites for hydroxylation is 2. The number of nitrogens with one attached hydrogen (secondary N) is 1. The summed E-state index contributed by atoms with van der Waals surface area (Å²) >= 11 is 0. The summed E-state index contributed by atoms with van der Waals surface area (Å²) in [5, 5.41) is 7.31. The molecule has 3 aliphatic rings. The predicted molar refractivity (Wildman–Crippen MR) is 139 cm³/mol. The molecule has 0 aliphatic carbocycles. The minimum absolute atomic E-state index is 0.180. The van der Waals surface area contributed by atoms with E-state index in [1.807, 2.05) is 38.2 Å². The number of fused-ring (bicyclic) bond motifs is 2. The van der Waals surface area contributed by atoms with Gasteiger partial charge in [0.15, 0.2) is 5.82 Å². The third-order valence-electron chi connectivity index (χ3n) is 7.31. The van der Waals surface area contributed by atoms with Gasteiger partial charge < -0.3 is 9.64 Å². The number of hydrogen-bond acceptors (Lipinski definition) is 7. The van der Waals surface area contributed by atoms with Crippen molar-refractivity contribution in [3.8, 4) is 17.1 Å². The van der Waals surface area contributed by atoms with Crippen LogP contribution >= 0.6 is 0 Å². The molecule has 3 saturated heterocycles. The largest absolute Gasteiger partial charge is 0.497 e. The molecule has 8 nitrogen and oxygen atoms in total. The smallest absolute Gasteiger partial charge is 0.161 e. The maximum atomic E-state index is 14.4. The number of anilines is 1. The van der Waals surface area contributed by atoms with Gasteiger partial charge in [-0.1, -0.05) is 0 Å². The third-order valence-corrected chi connectivity index (χ3v) is 7.31. The summed E-state index contributed by atoms with van der Waals surface area (Å²) in [4.78, 5) is 18.9. The van der Waals surface area contributed by atoms with Crippen molar-refractivity contribution in [1.82, 2.24) is 30.0 Å². The van der Waals surface area contributed by atoms with Crippen LogP contribution in [0.25, 0.3) is 11.4 Å². The standard InChI is InChI=1S/C28H30FN7O/c1-17-8-21(11-22-9-18(2)33-34-22)32-28(31-17)19-4-7-27(30-13-19)35-15-23-12-24(16-35)36(23)14-20-10-25(37-3)5-6-26(20)29/h4-10,13,23-24H,11-12,14-16H2,1-3H3,(H,33,34). The molecule has 7 rings (SSSR count). The summed E-state index contributed by atoms with van der Waals surface area (Å²) in [7, 11) is 1.61. The monoisotopic (exact) mass is 499 g/mol. The van der Waals surface area contributed by atoms with Crippen molar-refractivity contribution >= 4 is 5.82 Å². The Labute approximate surface area is 215 Å². The van der Waals surface area contributed by atoms with E-state index in [0.717, 1.165) is 53.7 Å². The van der Waals surface area contributed by atoms with Crippen LogP contribution in [0.3, 0.4) is 0 Å². The fourth-order valence-electron chi connectivity index (χ4n) is 5.44. The van der Waals surface area contributed by atoms with Crippen molar-refractivity contribution in [2.45, 2.75) is 45.3 Å². The number of piperidine rings is 1. The minimum Gasteiger partial charge on any atom is -0.497 e. The molecule has 2 unspecified atom stereocenters. The van der Waals surface area contributed by atoms with Crippen LogP contribution in [-0.4, -0.2) is 62.3 Å². The Balaban J connectivity index is 1.13. The summed E-state index contributed by atoms with van der Waals surface area (Å²) in [5.41, 5.74) is 5.42. The number of hydrogen-bond donors (Lipinski definition) is 1. The average Bonchev–Trinajstić information content (AvgIpc) is 3.32. The maximum absolute atomic E-state index is 14.4. The molecule has 3 aliphatic heterocycles. The molecule has 0 saturated carbocycles. The van der Waals surface area contributed by atoms with E-state index < -0.39 is 0 Å². The Morgan fingerprint density at radius 3 is 2.57 bits per heavy atom. The highest BCUT2D eigenvalue weighted by Gasteiger charge is 2.44. The van der Waals surface area contributed by atoms with Gasteiger partial charge in [-0.05, 0) is 62.7 Å². The number of halogens is 1. The SMILES string of the molecule is COc1ccc(F)c(CN2C3CC2CN(c2ccc(-c4nc(C)cc(Cc5cc(C)[nH]n5)n4)cn2)C3)c1. The van der Waals surface area contributed by atoms with Gasteiger partial charge in [0.25, 0.3) is 0 Å². The zero-order valence-electron chi connectivity index (χ0n) is 21.3. The molecule has 6 heterocycles. The van der Waals surface area contributed by atoms with Gasteiger partial charge in [0, 0.05) is 66.9 Å². The van der Waals surface area contributed by atoms with Crippen molar-refractivity contribution in [2.24, 2.45) is 0 Å². The fourth-order valence-corrected chi connectivity index (χ4v) is 5.44. The van der Waals surface area contributed by atoms with Crippen LogP contribution < -0.4 is 9.64 Å². The van der Waals surface area contributed by atoms with Gasteiger partial charge in [0.1, 0.15) is 17.4 Å². The second-order valence-electron chi connectivity index (χ2n) is 10.0. The number of ether oxygens (including phenoxy) is 1. The van der Waals surface area contributed by atoms with E-state index in [9.17, 15) is 4.39 Å². The van der Waals surface area contributed by atoms with Gasteiger partial charge in [-0.15, -0.1) is 0 Å². The molecule has 0 spiro atoms. The van der Waals surface area contributed by atoms with Gasteiger partial charge in [-0.2, -0.15) is 5.10 Å². The van der Waals surface area contributed by atoms with Gasteiger partial charge in [0.05, 0.1) is 18.5 Å². The molecule has 0 radical (unpaired) electrons. The number of pyridine rings is 1. The fraction of sp³-hybridized carbons (Fsp3) is 0.357. The van der Waals surface area contributed by atoms with E-state index >= 15 is 0 Å². The van der Waals surface area contributed by atoms with E-state index in [4.69, 9.17) is 14.7 Å². The second-order valence-corrected chi connectivity index (χ2v) is 10.0. The normalized spacial score (nSPS) is 19.1. The Hall–Kier alpha value is -3.85. The molecule has 3 fully saturated rings. The minimum atomic E-state index is -0.180. The van der Waals surface area contributed by atoms with E-state index in [2.05, 4.69) is 31.0 Å². The van der Waals surface area contributed by atoms with E-state index in [1.54, 1.807) is 19.2 Å². The topological polar surface area (TPSA) is 83.1 Å². The van der Waals surface area contributed by atoms with Crippen LogP contribution in [-0.2, 0) is 13.0 Å².